The third-order valence-electron chi connectivity index (χ3n) is 8.91. The molecule has 4 rings (SSSR count). The molecule has 3 saturated carbocycles. The normalized spacial score (nSPS) is 46.1. The van der Waals surface area contributed by atoms with E-state index in [9.17, 15) is 19.8 Å². The Bertz CT molecular complexity index is 699. The number of hydrogen-bond donors (Lipinski definition) is 2. The molecule has 0 aliphatic heterocycles. The summed E-state index contributed by atoms with van der Waals surface area (Å²) in [6.07, 6.45) is 6.99. The van der Waals surface area contributed by atoms with Crippen molar-refractivity contribution < 1.29 is 24.5 Å². The zero-order valence-electron chi connectivity index (χ0n) is 17.3. The van der Waals surface area contributed by atoms with Crippen molar-refractivity contribution in [2.45, 2.75) is 77.9 Å². The molecule has 0 saturated heterocycles. The lowest BCUT2D eigenvalue weighted by atomic mass is 9.46. The number of ketones is 1. The summed E-state index contributed by atoms with van der Waals surface area (Å²) < 4.78 is 5.47. The summed E-state index contributed by atoms with van der Waals surface area (Å²) in [7, 11) is 0. The van der Waals surface area contributed by atoms with Crippen LogP contribution in [0.15, 0.2) is 11.6 Å². The summed E-state index contributed by atoms with van der Waals surface area (Å²) >= 11 is 0. The van der Waals surface area contributed by atoms with Crippen LogP contribution in [-0.4, -0.2) is 40.8 Å². The number of rotatable bonds is 3. The standard InChI is InChI=1S/C23H34O5/c1-13(25)28-20(12-24)18-7-6-17-16-5-4-14-10-15(26)8-9-22(14,2)21(16)19(27)11-23(17,18)3/h10,16-21,24,27H,4-9,11-12H2,1-3H3/t16-,17-,18+,19+,20-,21+,22+,23+/m1/s1. The predicted octanol–water partition coefficient (Wildman–Crippen LogP) is 3.03. The minimum atomic E-state index is -0.488. The Morgan fingerprint density at radius 1 is 1.29 bits per heavy atom. The van der Waals surface area contributed by atoms with E-state index in [0.717, 1.165) is 32.1 Å². The topological polar surface area (TPSA) is 83.8 Å². The van der Waals surface area contributed by atoms with Gasteiger partial charge < -0.3 is 14.9 Å². The Morgan fingerprint density at radius 3 is 2.71 bits per heavy atom. The van der Waals surface area contributed by atoms with Gasteiger partial charge in [0.05, 0.1) is 12.7 Å². The van der Waals surface area contributed by atoms with Crippen LogP contribution in [0, 0.1) is 34.5 Å². The second-order valence-corrected chi connectivity index (χ2v) is 10.2. The molecule has 0 radical (unpaired) electrons. The van der Waals surface area contributed by atoms with Gasteiger partial charge in [-0.3, -0.25) is 9.59 Å². The van der Waals surface area contributed by atoms with Crippen LogP contribution in [0.2, 0.25) is 0 Å². The number of allylic oxidation sites excluding steroid dienone is 1. The van der Waals surface area contributed by atoms with Gasteiger partial charge in [-0.25, -0.2) is 0 Å². The fraction of sp³-hybridized carbons (Fsp3) is 0.826. The first-order valence-corrected chi connectivity index (χ1v) is 10.9. The molecule has 156 valence electrons. The first-order chi connectivity index (χ1) is 13.2. The molecular formula is C23H34O5. The highest BCUT2D eigenvalue weighted by molar-refractivity contribution is 5.91. The minimum Gasteiger partial charge on any atom is -0.460 e. The molecule has 0 spiro atoms. The van der Waals surface area contributed by atoms with Crippen molar-refractivity contribution in [3.05, 3.63) is 11.6 Å². The summed E-state index contributed by atoms with van der Waals surface area (Å²) in [6.45, 7) is 5.72. The van der Waals surface area contributed by atoms with Crippen molar-refractivity contribution in [3.8, 4) is 0 Å². The molecule has 0 unspecified atom stereocenters. The number of carbonyl (C=O) groups excluding carboxylic acids is 2. The molecule has 3 fully saturated rings. The van der Waals surface area contributed by atoms with Gasteiger partial charge in [-0.2, -0.15) is 0 Å². The Hall–Kier alpha value is -1.20. The maximum Gasteiger partial charge on any atom is 0.302 e. The van der Waals surface area contributed by atoms with Gasteiger partial charge in [0.2, 0.25) is 0 Å². The molecule has 0 amide bonds. The van der Waals surface area contributed by atoms with E-state index in [1.807, 2.05) is 6.08 Å². The van der Waals surface area contributed by atoms with Crippen molar-refractivity contribution in [2.75, 3.05) is 6.61 Å². The number of esters is 1. The molecule has 0 aromatic heterocycles. The van der Waals surface area contributed by atoms with E-state index in [1.54, 1.807) is 0 Å². The van der Waals surface area contributed by atoms with Crippen LogP contribution in [0.5, 0.6) is 0 Å². The Balaban J connectivity index is 1.65. The van der Waals surface area contributed by atoms with Crippen molar-refractivity contribution in [2.24, 2.45) is 34.5 Å². The first-order valence-electron chi connectivity index (χ1n) is 10.9. The van der Waals surface area contributed by atoms with E-state index in [4.69, 9.17) is 4.74 Å². The van der Waals surface area contributed by atoms with Crippen molar-refractivity contribution >= 4 is 11.8 Å². The molecule has 5 heteroatoms. The summed E-state index contributed by atoms with van der Waals surface area (Å²) in [5, 5.41) is 21.2. The van der Waals surface area contributed by atoms with Gasteiger partial charge in [0.15, 0.2) is 5.78 Å². The maximum absolute atomic E-state index is 12.0. The molecule has 0 aromatic rings. The van der Waals surface area contributed by atoms with E-state index in [2.05, 4.69) is 13.8 Å². The van der Waals surface area contributed by atoms with E-state index in [-0.39, 0.29) is 41.0 Å². The zero-order chi connectivity index (χ0) is 20.3. The second-order valence-electron chi connectivity index (χ2n) is 10.2. The molecule has 0 heterocycles. The number of aliphatic hydroxyl groups excluding tert-OH is 2. The quantitative estimate of drug-likeness (QED) is 0.724. The predicted molar refractivity (Wildman–Crippen MR) is 104 cm³/mol. The summed E-state index contributed by atoms with van der Waals surface area (Å²) in [4.78, 5) is 23.5. The molecule has 4 aliphatic carbocycles. The Labute approximate surface area is 167 Å². The van der Waals surface area contributed by atoms with Gasteiger partial charge >= 0.3 is 5.97 Å². The lowest BCUT2D eigenvalue weighted by molar-refractivity contribution is -0.165. The number of fused-ring (bicyclic) bond motifs is 5. The number of carbonyl (C=O) groups is 2. The lowest BCUT2D eigenvalue weighted by Crippen LogP contribution is -2.57. The van der Waals surface area contributed by atoms with Crippen LogP contribution in [0.1, 0.15) is 65.7 Å². The summed E-state index contributed by atoms with van der Waals surface area (Å²) in [5.41, 5.74) is 1.03. The van der Waals surface area contributed by atoms with Crippen LogP contribution < -0.4 is 0 Å². The zero-order valence-corrected chi connectivity index (χ0v) is 17.3. The fourth-order valence-corrected chi connectivity index (χ4v) is 7.80. The SMILES string of the molecule is CC(=O)O[C@H](CO)[C@@H]1CC[C@@H]2[C@H]3CCC4=CC(=O)CC[C@]4(C)[C@@H]3[C@@H](O)C[C@@]21C. The molecule has 0 aromatic carbocycles. The van der Waals surface area contributed by atoms with Crippen LogP contribution in [-0.2, 0) is 14.3 Å². The molecular weight excluding hydrogens is 356 g/mol. The van der Waals surface area contributed by atoms with Crippen molar-refractivity contribution in [1.29, 1.82) is 0 Å². The molecule has 8 atom stereocenters. The third-order valence-corrected chi connectivity index (χ3v) is 8.91. The molecule has 0 bridgehead atoms. The fourth-order valence-electron chi connectivity index (χ4n) is 7.80. The van der Waals surface area contributed by atoms with Gasteiger partial charge in [0, 0.05) is 19.3 Å². The van der Waals surface area contributed by atoms with Gasteiger partial charge in [0.25, 0.3) is 0 Å². The van der Waals surface area contributed by atoms with Gasteiger partial charge in [-0.15, -0.1) is 0 Å². The average molecular weight is 391 g/mol. The van der Waals surface area contributed by atoms with E-state index < -0.39 is 12.2 Å². The molecule has 5 nitrogen and oxygen atoms in total. The highest BCUT2D eigenvalue weighted by atomic mass is 16.5. The monoisotopic (exact) mass is 390 g/mol. The van der Waals surface area contributed by atoms with Crippen LogP contribution in [0.4, 0.5) is 0 Å². The highest BCUT2D eigenvalue weighted by Gasteiger charge is 2.63. The molecule has 2 N–H and O–H groups in total. The average Bonchev–Trinajstić information content (AvgIpc) is 2.96. The first kappa shape index (κ1) is 20.1. The van der Waals surface area contributed by atoms with Crippen molar-refractivity contribution in [1.82, 2.24) is 0 Å². The Morgan fingerprint density at radius 2 is 2.04 bits per heavy atom. The molecule has 4 aliphatic rings. The second kappa shape index (κ2) is 6.94. The number of hydrogen-bond acceptors (Lipinski definition) is 5. The van der Waals surface area contributed by atoms with E-state index >= 15 is 0 Å². The third kappa shape index (κ3) is 2.88. The van der Waals surface area contributed by atoms with Crippen molar-refractivity contribution in [3.63, 3.8) is 0 Å². The Kier molecular flexibility index (Phi) is 4.98. The largest absolute Gasteiger partial charge is 0.460 e. The van der Waals surface area contributed by atoms with Gasteiger partial charge in [-0.1, -0.05) is 19.4 Å². The summed E-state index contributed by atoms with van der Waals surface area (Å²) in [6, 6.07) is 0. The number of ether oxygens (including phenoxy) is 1. The minimum absolute atomic E-state index is 0.0814. The summed E-state index contributed by atoms with van der Waals surface area (Å²) in [5.74, 6) is 1.04. The van der Waals surface area contributed by atoms with Gasteiger partial charge in [0.1, 0.15) is 6.10 Å². The maximum atomic E-state index is 12.0. The van der Waals surface area contributed by atoms with Gasteiger partial charge in [-0.05, 0) is 73.2 Å². The smallest absolute Gasteiger partial charge is 0.302 e. The van der Waals surface area contributed by atoms with Crippen LogP contribution >= 0.6 is 0 Å². The highest BCUT2D eigenvalue weighted by Crippen LogP contribution is 2.67. The van der Waals surface area contributed by atoms with Crippen LogP contribution in [0.25, 0.3) is 0 Å². The lowest BCUT2D eigenvalue weighted by Gasteiger charge is -2.60. The van der Waals surface area contributed by atoms with E-state index in [0.29, 0.717) is 24.7 Å². The van der Waals surface area contributed by atoms with E-state index in [1.165, 1.54) is 12.5 Å². The number of aliphatic hydroxyl groups is 2. The van der Waals surface area contributed by atoms with Crippen LogP contribution in [0.3, 0.4) is 0 Å². The molecule has 28 heavy (non-hydrogen) atoms.